The number of amides is 1. The number of hydrogen-bond donors (Lipinski definition) is 1. The number of benzene rings is 1. The Hall–Kier alpha value is -3.02. The average molecular weight is 293 g/mol. The zero-order chi connectivity index (χ0) is 15.4. The Morgan fingerprint density at radius 3 is 2.41 bits per heavy atom. The molecule has 6 heteroatoms. The SMILES string of the molecule is Cn1nncc1C(=O)Nc1ccc(Cc2ccncc2)cc1. The van der Waals surface area contributed by atoms with Crippen LogP contribution in [0.4, 0.5) is 5.69 Å². The molecule has 3 aromatic rings. The summed E-state index contributed by atoms with van der Waals surface area (Å²) >= 11 is 0. The standard InChI is InChI=1S/C16H15N5O/c1-21-15(11-18-20-21)16(22)19-14-4-2-12(3-5-14)10-13-6-8-17-9-7-13/h2-9,11H,10H2,1H3,(H,19,22). The predicted molar refractivity (Wildman–Crippen MR) is 82.4 cm³/mol. The number of hydrogen-bond acceptors (Lipinski definition) is 4. The van der Waals surface area contributed by atoms with Gasteiger partial charge >= 0.3 is 0 Å². The summed E-state index contributed by atoms with van der Waals surface area (Å²) in [5.41, 5.74) is 3.53. The number of anilines is 1. The second-order valence-electron chi connectivity index (χ2n) is 4.93. The fourth-order valence-corrected chi connectivity index (χ4v) is 2.13. The summed E-state index contributed by atoms with van der Waals surface area (Å²) in [4.78, 5) is 16.1. The highest BCUT2D eigenvalue weighted by Gasteiger charge is 2.10. The van der Waals surface area contributed by atoms with Crippen molar-refractivity contribution in [3.05, 3.63) is 71.8 Å². The first kappa shape index (κ1) is 13.9. The molecule has 3 rings (SSSR count). The molecule has 0 aliphatic heterocycles. The Balaban J connectivity index is 1.67. The maximum atomic E-state index is 12.1. The van der Waals surface area contributed by atoms with Gasteiger partial charge in [0.15, 0.2) is 0 Å². The molecular formula is C16H15N5O. The van der Waals surface area contributed by atoms with Gasteiger partial charge in [0.2, 0.25) is 0 Å². The minimum Gasteiger partial charge on any atom is -0.321 e. The molecule has 2 aromatic heterocycles. The Bertz CT molecular complexity index is 765. The van der Waals surface area contributed by atoms with Gasteiger partial charge in [0.05, 0.1) is 6.20 Å². The highest BCUT2D eigenvalue weighted by Crippen LogP contribution is 2.14. The van der Waals surface area contributed by atoms with E-state index in [1.54, 1.807) is 19.4 Å². The highest BCUT2D eigenvalue weighted by atomic mass is 16.2. The van der Waals surface area contributed by atoms with E-state index in [1.807, 2.05) is 36.4 Å². The molecule has 0 saturated heterocycles. The van der Waals surface area contributed by atoms with E-state index < -0.39 is 0 Å². The van der Waals surface area contributed by atoms with E-state index in [0.717, 1.165) is 12.1 Å². The largest absolute Gasteiger partial charge is 0.321 e. The molecule has 0 aliphatic rings. The fourth-order valence-electron chi connectivity index (χ4n) is 2.13. The fraction of sp³-hybridized carbons (Fsp3) is 0.125. The van der Waals surface area contributed by atoms with Gasteiger partial charge in [0, 0.05) is 25.1 Å². The van der Waals surface area contributed by atoms with Crippen LogP contribution in [0.5, 0.6) is 0 Å². The molecule has 1 N–H and O–H groups in total. The lowest BCUT2D eigenvalue weighted by Gasteiger charge is -2.06. The van der Waals surface area contributed by atoms with Crippen LogP contribution in [0.25, 0.3) is 0 Å². The first-order valence-electron chi connectivity index (χ1n) is 6.86. The van der Waals surface area contributed by atoms with Gasteiger partial charge in [-0.25, -0.2) is 4.68 Å². The molecule has 0 bridgehead atoms. The molecule has 1 amide bonds. The van der Waals surface area contributed by atoms with Crippen molar-refractivity contribution in [1.82, 2.24) is 20.0 Å². The smallest absolute Gasteiger partial charge is 0.275 e. The minimum absolute atomic E-state index is 0.227. The summed E-state index contributed by atoms with van der Waals surface area (Å²) in [6.07, 6.45) is 5.84. The van der Waals surface area contributed by atoms with Crippen LogP contribution in [0, 0.1) is 0 Å². The monoisotopic (exact) mass is 293 g/mol. The molecule has 110 valence electrons. The van der Waals surface area contributed by atoms with Gasteiger partial charge in [0.1, 0.15) is 5.69 Å². The number of nitrogens with zero attached hydrogens (tertiary/aromatic N) is 4. The molecule has 22 heavy (non-hydrogen) atoms. The Morgan fingerprint density at radius 2 is 1.77 bits per heavy atom. The van der Waals surface area contributed by atoms with Crippen molar-refractivity contribution in [1.29, 1.82) is 0 Å². The molecule has 0 unspecified atom stereocenters. The molecule has 0 atom stereocenters. The van der Waals surface area contributed by atoms with Gasteiger partial charge in [-0.1, -0.05) is 17.3 Å². The zero-order valence-electron chi connectivity index (χ0n) is 12.1. The normalized spacial score (nSPS) is 10.4. The van der Waals surface area contributed by atoms with Gasteiger partial charge in [-0.05, 0) is 41.8 Å². The van der Waals surface area contributed by atoms with Crippen LogP contribution in [-0.2, 0) is 13.5 Å². The lowest BCUT2D eigenvalue weighted by atomic mass is 10.1. The van der Waals surface area contributed by atoms with Crippen molar-refractivity contribution in [3.8, 4) is 0 Å². The number of carbonyl (C=O) groups excluding carboxylic acids is 1. The van der Waals surface area contributed by atoms with E-state index in [-0.39, 0.29) is 5.91 Å². The number of pyridine rings is 1. The van der Waals surface area contributed by atoms with Crippen molar-refractivity contribution in [2.45, 2.75) is 6.42 Å². The molecule has 0 fully saturated rings. The van der Waals surface area contributed by atoms with Crippen molar-refractivity contribution in [2.24, 2.45) is 7.05 Å². The molecule has 0 radical (unpaired) electrons. The summed E-state index contributed by atoms with van der Waals surface area (Å²) < 4.78 is 1.44. The molecule has 2 heterocycles. The molecule has 0 saturated carbocycles. The zero-order valence-corrected chi connectivity index (χ0v) is 12.1. The number of aryl methyl sites for hydroxylation is 1. The third-order valence-corrected chi connectivity index (χ3v) is 3.32. The first-order valence-corrected chi connectivity index (χ1v) is 6.86. The molecule has 0 aliphatic carbocycles. The molecule has 1 aromatic carbocycles. The van der Waals surface area contributed by atoms with E-state index in [9.17, 15) is 4.79 Å². The van der Waals surface area contributed by atoms with E-state index >= 15 is 0 Å². The van der Waals surface area contributed by atoms with E-state index in [1.165, 1.54) is 22.0 Å². The first-order chi connectivity index (χ1) is 10.7. The number of aromatic nitrogens is 4. The summed E-state index contributed by atoms with van der Waals surface area (Å²) in [6.45, 7) is 0. The maximum Gasteiger partial charge on any atom is 0.275 e. The molecule has 0 spiro atoms. The summed E-state index contributed by atoms with van der Waals surface area (Å²) in [6, 6.07) is 11.8. The van der Waals surface area contributed by atoms with Crippen LogP contribution >= 0.6 is 0 Å². The van der Waals surface area contributed by atoms with Gasteiger partial charge < -0.3 is 5.32 Å². The number of nitrogens with one attached hydrogen (secondary N) is 1. The van der Waals surface area contributed by atoms with Crippen LogP contribution in [0.1, 0.15) is 21.6 Å². The van der Waals surface area contributed by atoms with Crippen LogP contribution in [0.15, 0.2) is 55.0 Å². The van der Waals surface area contributed by atoms with Crippen LogP contribution in [-0.4, -0.2) is 25.9 Å². The lowest BCUT2D eigenvalue weighted by molar-refractivity contribution is 0.101. The highest BCUT2D eigenvalue weighted by molar-refractivity contribution is 6.02. The van der Waals surface area contributed by atoms with Crippen LogP contribution in [0.2, 0.25) is 0 Å². The average Bonchev–Trinajstić information content (AvgIpc) is 2.96. The van der Waals surface area contributed by atoms with Crippen molar-refractivity contribution in [2.75, 3.05) is 5.32 Å². The Kier molecular flexibility index (Phi) is 3.91. The quantitative estimate of drug-likeness (QED) is 0.799. The second kappa shape index (κ2) is 6.17. The predicted octanol–water partition coefficient (Wildman–Crippen LogP) is 2.05. The van der Waals surface area contributed by atoms with Crippen LogP contribution in [0.3, 0.4) is 0 Å². The summed E-state index contributed by atoms with van der Waals surface area (Å²) in [5, 5.41) is 10.3. The Labute approximate surface area is 127 Å². The van der Waals surface area contributed by atoms with Gasteiger partial charge in [-0.3, -0.25) is 9.78 Å². The summed E-state index contributed by atoms with van der Waals surface area (Å²) in [7, 11) is 1.68. The van der Waals surface area contributed by atoms with Crippen molar-refractivity contribution >= 4 is 11.6 Å². The van der Waals surface area contributed by atoms with E-state index in [0.29, 0.717) is 5.69 Å². The van der Waals surface area contributed by atoms with Gasteiger partial charge in [-0.15, -0.1) is 5.10 Å². The third-order valence-electron chi connectivity index (χ3n) is 3.32. The lowest BCUT2D eigenvalue weighted by Crippen LogP contribution is -2.16. The van der Waals surface area contributed by atoms with Crippen LogP contribution < -0.4 is 5.32 Å². The third kappa shape index (κ3) is 3.17. The maximum absolute atomic E-state index is 12.1. The molecular weight excluding hydrogens is 278 g/mol. The van der Waals surface area contributed by atoms with Crippen molar-refractivity contribution in [3.63, 3.8) is 0 Å². The number of rotatable bonds is 4. The molecule has 6 nitrogen and oxygen atoms in total. The van der Waals surface area contributed by atoms with Gasteiger partial charge in [-0.2, -0.15) is 0 Å². The van der Waals surface area contributed by atoms with Crippen molar-refractivity contribution < 1.29 is 4.79 Å². The number of carbonyl (C=O) groups is 1. The minimum atomic E-state index is -0.227. The Morgan fingerprint density at radius 1 is 1.09 bits per heavy atom. The van der Waals surface area contributed by atoms with E-state index in [4.69, 9.17) is 0 Å². The van der Waals surface area contributed by atoms with E-state index in [2.05, 4.69) is 20.6 Å². The second-order valence-corrected chi connectivity index (χ2v) is 4.93. The van der Waals surface area contributed by atoms with Gasteiger partial charge in [0.25, 0.3) is 5.91 Å². The summed E-state index contributed by atoms with van der Waals surface area (Å²) in [5.74, 6) is -0.227. The topological polar surface area (TPSA) is 72.7 Å².